The zero-order valence-corrected chi connectivity index (χ0v) is 14.8. The highest BCUT2D eigenvalue weighted by atomic mass is 32.1. The highest BCUT2D eigenvalue weighted by Crippen LogP contribution is 2.31. The van der Waals surface area contributed by atoms with Crippen LogP contribution in [-0.4, -0.2) is 43.7 Å². The van der Waals surface area contributed by atoms with Gasteiger partial charge in [0.25, 0.3) is 0 Å². The molecule has 5 nitrogen and oxygen atoms in total. The van der Waals surface area contributed by atoms with Crippen molar-refractivity contribution in [1.82, 2.24) is 9.56 Å². The predicted octanol–water partition coefficient (Wildman–Crippen LogP) is 2.34. The Morgan fingerprint density at radius 1 is 1.25 bits per heavy atom. The Balaban J connectivity index is 2.05. The van der Waals surface area contributed by atoms with E-state index in [2.05, 4.69) is 22.8 Å². The maximum absolute atomic E-state index is 10.7. The summed E-state index contributed by atoms with van der Waals surface area (Å²) >= 11 is 1.71. The third-order valence-electron chi connectivity index (χ3n) is 3.97. The van der Waals surface area contributed by atoms with Gasteiger partial charge in [0.2, 0.25) is 5.36 Å². The van der Waals surface area contributed by atoms with E-state index in [9.17, 15) is 4.79 Å². The van der Waals surface area contributed by atoms with Gasteiger partial charge in [-0.05, 0) is 24.3 Å². The lowest BCUT2D eigenvalue weighted by molar-refractivity contribution is -0.136. The second-order valence-corrected chi connectivity index (χ2v) is 7.06. The highest BCUT2D eigenvalue weighted by molar-refractivity contribution is 7.21. The normalized spacial score (nSPS) is 11.0. The first-order valence-electron chi connectivity index (χ1n) is 7.72. The van der Waals surface area contributed by atoms with Gasteiger partial charge >= 0.3 is 5.97 Å². The molecule has 0 bridgehead atoms. The van der Waals surface area contributed by atoms with Crippen molar-refractivity contribution < 1.29 is 9.90 Å². The van der Waals surface area contributed by atoms with Crippen LogP contribution in [0.5, 0.6) is 0 Å². The van der Waals surface area contributed by atoms with Gasteiger partial charge in [-0.1, -0.05) is 0 Å². The van der Waals surface area contributed by atoms with E-state index in [-0.39, 0.29) is 6.42 Å². The van der Waals surface area contributed by atoms with Crippen LogP contribution < -0.4 is 14.8 Å². The SMILES string of the molecule is CN(CCC(=O)O)c1ccc2nc3ccc(=[N+](C)C)cc-3sc2c1. The molecule has 1 aromatic carbocycles. The number of aliphatic carboxylic acids is 1. The number of nitrogens with zero attached hydrogens (tertiary/aromatic N) is 3. The van der Waals surface area contributed by atoms with Crippen LogP contribution in [-0.2, 0) is 4.79 Å². The van der Waals surface area contributed by atoms with E-state index in [1.807, 2.05) is 44.2 Å². The third-order valence-corrected chi connectivity index (χ3v) is 5.06. The number of carbonyl (C=O) groups is 1. The molecule has 1 aliphatic heterocycles. The summed E-state index contributed by atoms with van der Waals surface area (Å²) in [5, 5.41) is 9.98. The van der Waals surface area contributed by atoms with Crippen LogP contribution in [0, 0.1) is 0 Å². The van der Waals surface area contributed by atoms with Crippen LogP contribution >= 0.6 is 11.3 Å². The van der Waals surface area contributed by atoms with Gasteiger partial charge in [-0.15, -0.1) is 11.3 Å². The van der Waals surface area contributed by atoms with Gasteiger partial charge < -0.3 is 10.0 Å². The summed E-state index contributed by atoms with van der Waals surface area (Å²) in [6.45, 7) is 0.483. The van der Waals surface area contributed by atoms with Crippen molar-refractivity contribution in [2.75, 3.05) is 32.6 Å². The van der Waals surface area contributed by atoms with E-state index in [1.54, 1.807) is 11.3 Å². The number of aromatic nitrogens is 1. The van der Waals surface area contributed by atoms with E-state index in [1.165, 1.54) is 0 Å². The Labute approximate surface area is 144 Å². The molecule has 0 saturated heterocycles. The van der Waals surface area contributed by atoms with Gasteiger partial charge in [-0.3, -0.25) is 4.79 Å². The maximum atomic E-state index is 10.7. The summed E-state index contributed by atoms with van der Waals surface area (Å²) in [5.41, 5.74) is 2.95. The Morgan fingerprint density at radius 3 is 2.75 bits per heavy atom. The molecule has 3 rings (SSSR count). The van der Waals surface area contributed by atoms with E-state index in [0.29, 0.717) is 6.54 Å². The fourth-order valence-electron chi connectivity index (χ4n) is 2.51. The Bertz CT molecular complexity index is 944. The fraction of sp³-hybridized carbons (Fsp3) is 0.278. The first-order chi connectivity index (χ1) is 11.4. The highest BCUT2D eigenvalue weighted by Gasteiger charge is 2.11. The summed E-state index contributed by atoms with van der Waals surface area (Å²) < 4.78 is 3.17. The molecule has 24 heavy (non-hydrogen) atoms. The van der Waals surface area contributed by atoms with E-state index in [4.69, 9.17) is 10.1 Å². The lowest BCUT2D eigenvalue weighted by Crippen LogP contribution is -2.21. The van der Waals surface area contributed by atoms with Crippen molar-refractivity contribution in [1.29, 1.82) is 0 Å². The zero-order chi connectivity index (χ0) is 17.3. The number of carboxylic acids is 1. The summed E-state index contributed by atoms with van der Waals surface area (Å²) in [7, 11) is 5.96. The Kier molecular flexibility index (Phi) is 4.49. The Hall–Kier alpha value is -2.47. The number of rotatable bonds is 4. The molecular formula is C18H20N3O2S+. The van der Waals surface area contributed by atoms with Crippen molar-refractivity contribution >= 4 is 33.2 Å². The molecule has 0 atom stereocenters. The minimum atomic E-state index is -0.783. The van der Waals surface area contributed by atoms with Crippen LogP contribution in [0.4, 0.5) is 5.69 Å². The second kappa shape index (κ2) is 6.57. The minimum absolute atomic E-state index is 0.125. The van der Waals surface area contributed by atoms with Gasteiger partial charge in [0, 0.05) is 31.4 Å². The summed E-state index contributed by atoms with van der Waals surface area (Å²) in [6.07, 6.45) is 0.125. The minimum Gasteiger partial charge on any atom is -0.481 e. The molecule has 124 valence electrons. The van der Waals surface area contributed by atoms with Crippen LogP contribution in [0.2, 0.25) is 0 Å². The number of fused-ring (bicyclic) bond motifs is 2. The fourth-order valence-corrected chi connectivity index (χ4v) is 3.54. The van der Waals surface area contributed by atoms with Gasteiger partial charge in [0.1, 0.15) is 14.1 Å². The predicted molar refractivity (Wildman–Crippen MR) is 98.9 cm³/mol. The summed E-state index contributed by atoms with van der Waals surface area (Å²) in [6, 6.07) is 12.3. The first kappa shape index (κ1) is 16.4. The molecule has 0 amide bonds. The molecule has 6 heteroatoms. The molecule has 0 radical (unpaired) electrons. The number of hydrogen-bond donors (Lipinski definition) is 1. The standard InChI is InChI=1S/C18H19N3O2S/c1-20(2)12-4-6-14-16(10-12)24-17-11-13(5-7-15(17)19-14)21(3)9-8-18(22)23/h4-7,10-11H,8-9H2,1-3H3/p+1. The molecule has 0 fully saturated rings. The monoisotopic (exact) mass is 342 g/mol. The van der Waals surface area contributed by atoms with Gasteiger partial charge in [-0.2, -0.15) is 0 Å². The average Bonchev–Trinajstić information content (AvgIpc) is 2.56. The Morgan fingerprint density at radius 2 is 2.04 bits per heavy atom. The number of hydrogen-bond acceptors (Lipinski definition) is 4. The number of benzene rings is 2. The smallest absolute Gasteiger partial charge is 0.305 e. The first-order valence-corrected chi connectivity index (χ1v) is 8.53. The lowest BCUT2D eigenvalue weighted by Gasteiger charge is -2.18. The molecule has 2 aliphatic rings. The molecule has 1 aliphatic carbocycles. The lowest BCUT2D eigenvalue weighted by atomic mass is 10.2. The zero-order valence-electron chi connectivity index (χ0n) is 14.0. The van der Waals surface area contributed by atoms with Crippen LogP contribution in [0.1, 0.15) is 6.42 Å². The molecule has 0 aromatic heterocycles. The number of anilines is 1. The van der Waals surface area contributed by atoms with Crippen LogP contribution in [0.25, 0.3) is 20.8 Å². The molecular weight excluding hydrogens is 322 g/mol. The summed E-state index contributed by atoms with van der Waals surface area (Å²) in [5.74, 6) is -0.783. The third kappa shape index (κ3) is 3.38. The maximum Gasteiger partial charge on any atom is 0.305 e. The molecule has 0 saturated carbocycles. The molecule has 1 N–H and O–H groups in total. The van der Waals surface area contributed by atoms with Gasteiger partial charge in [0.15, 0.2) is 0 Å². The van der Waals surface area contributed by atoms with Crippen LogP contribution in [0.3, 0.4) is 0 Å². The molecule has 0 spiro atoms. The molecule has 0 unspecified atom stereocenters. The van der Waals surface area contributed by atoms with E-state index >= 15 is 0 Å². The van der Waals surface area contributed by atoms with E-state index in [0.717, 1.165) is 31.8 Å². The van der Waals surface area contributed by atoms with Crippen LogP contribution in [0.15, 0.2) is 36.4 Å². The second-order valence-electron chi connectivity index (χ2n) is 5.98. The number of carboxylic acid groups (broad SMARTS) is 1. The van der Waals surface area contributed by atoms with Crippen molar-refractivity contribution in [3.05, 3.63) is 41.8 Å². The summed E-state index contributed by atoms with van der Waals surface area (Å²) in [4.78, 5) is 18.6. The van der Waals surface area contributed by atoms with Gasteiger partial charge in [-0.25, -0.2) is 9.56 Å². The van der Waals surface area contributed by atoms with E-state index < -0.39 is 5.97 Å². The van der Waals surface area contributed by atoms with Crippen molar-refractivity contribution in [2.45, 2.75) is 6.42 Å². The van der Waals surface area contributed by atoms with Crippen molar-refractivity contribution in [3.8, 4) is 10.6 Å². The topological polar surface area (TPSA) is 56.4 Å². The van der Waals surface area contributed by atoms with Crippen molar-refractivity contribution in [3.63, 3.8) is 0 Å². The molecule has 1 aromatic rings. The average molecular weight is 342 g/mol. The van der Waals surface area contributed by atoms with Gasteiger partial charge in [0.05, 0.1) is 27.2 Å². The van der Waals surface area contributed by atoms with Crippen molar-refractivity contribution in [2.24, 2.45) is 0 Å². The largest absolute Gasteiger partial charge is 0.481 e. The quantitative estimate of drug-likeness (QED) is 0.584. The molecule has 1 heterocycles.